The molecule has 0 radical (unpaired) electrons. The molecule has 1 unspecified atom stereocenters. The number of hydrogen-bond acceptors (Lipinski definition) is 4. The minimum absolute atomic E-state index is 0.0880. The number of amides is 2. The van der Waals surface area contributed by atoms with E-state index in [1.807, 2.05) is 11.6 Å². The highest BCUT2D eigenvalue weighted by Crippen LogP contribution is 2.20. The smallest absolute Gasteiger partial charge is 0.317 e. The molecule has 1 aromatic heterocycles. The molecule has 21 heavy (non-hydrogen) atoms. The van der Waals surface area contributed by atoms with E-state index in [0.29, 0.717) is 38.4 Å². The van der Waals surface area contributed by atoms with Gasteiger partial charge in [0.1, 0.15) is 12.2 Å². The van der Waals surface area contributed by atoms with Crippen LogP contribution >= 0.6 is 0 Å². The first-order valence-corrected chi connectivity index (χ1v) is 7.13. The third-order valence-electron chi connectivity index (χ3n) is 3.77. The van der Waals surface area contributed by atoms with E-state index in [1.54, 1.807) is 11.2 Å². The Labute approximate surface area is 123 Å². The summed E-state index contributed by atoms with van der Waals surface area (Å²) < 4.78 is 1.82. The number of nitrogens with zero attached hydrogens (tertiary/aromatic N) is 4. The quantitative estimate of drug-likeness (QED) is 0.783. The fourth-order valence-corrected chi connectivity index (χ4v) is 2.51. The number of carbonyl (C=O) groups is 2. The van der Waals surface area contributed by atoms with E-state index in [9.17, 15) is 9.59 Å². The highest BCUT2D eigenvalue weighted by atomic mass is 16.4. The highest BCUT2D eigenvalue weighted by Gasteiger charge is 2.26. The monoisotopic (exact) mass is 295 g/mol. The predicted octanol–water partition coefficient (Wildman–Crippen LogP) is 0.254. The summed E-state index contributed by atoms with van der Waals surface area (Å²) in [7, 11) is 1.87. The van der Waals surface area contributed by atoms with Crippen LogP contribution in [0.5, 0.6) is 0 Å². The Hall–Kier alpha value is -2.12. The maximum Gasteiger partial charge on any atom is 0.317 e. The van der Waals surface area contributed by atoms with Crippen molar-refractivity contribution >= 4 is 12.0 Å². The van der Waals surface area contributed by atoms with E-state index in [0.717, 1.165) is 12.2 Å². The zero-order valence-corrected chi connectivity index (χ0v) is 12.2. The van der Waals surface area contributed by atoms with Gasteiger partial charge in [0.15, 0.2) is 0 Å². The number of carboxylic acids is 1. The molecule has 0 spiro atoms. The molecule has 1 aromatic rings. The lowest BCUT2D eigenvalue weighted by Gasteiger charge is -2.17. The van der Waals surface area contributed by atoms with Crippen molar-refractivity contribution in [2.24, 2.45) is 13.0 Å². The molecule has 1 fully saturated rings. The van der Waals surface area contributed by atoms with Crippen LogP contribution in [-0.4, -0.2) is 56.4 Å². The Kier molecular flexibility index (Phi) is 5.13. The summed E-state index contributed by atoms with van der Waals surface area (Å²) in [4.78, 5) is 24.3. The van der Waals surface area contributed by atoms with Gasteiger partial charge in [0.2, 0.25) is 0 Å². The van der Waals surface area contributed by atoms with Gasteiger partial charge in [0.25, 0.3) is 0 Å². The van der Waals surface area contributed by atoms with Gasteiger partial charge in [-0.15, -0.1) is 10.2 Å². The van der Waals surface area contributed by atoms with Crippen LogP contribution in [0.4, 0.5) is 4.79 Å². The fraction of sp³-hybridized carbons (Fsp3) is 0.692. The topological polar surface area (TPSA) is 100 Å². The van der Waals surface area contributed by atoms with Crippen molar-refractivity contribution in [3.05, 3.63) is 12.2 Å². The molecule has 116 valence electrons. The molecule has 2 heterocycles. The minimum atomic E-state index is -0.776. The number of hydrogen-bond donors (Lipinski definition) is 2. The van der Waals surface area contributed by atoms with Crippen molar-refractivity contribution in [3.8, 4) is 0 Å². The van der Waals surface area contributed by atoms with Gasteiger partial charge in [0, 0.05) is 39.5 Å². The summed E-state index contributed by atoms with van der Waals surface area (Å²) in [5.41, 5.74) is 0. The summed E-state index contributed by atoms with van der Waals surface area (Å²) in [5.74, 6) is 0.350. The maximum atomic E-state index is 12.0. The van der Waals surface area contributed by atoms with Crippen molar-refractivity contribution < 1.29 is 14.7 Å². The van der Waals surface area contributed by atoms with Crippen LogP contribution < -0.4 is 5.32 Å². The summed E-state index contributed by atoms with van der Waals surface area (Å²) in [6, 6.07) is -0.0880. The number of aryl methyl sites for hydroxylation is 1. The second kappa shape index (κ2) is 7.05. The van der Waals surface area contributed by atoms with Crippen LogP contribution in [0.2, 0.25) is 0 Å². The van der Waals surface area contributed by atoms with Crippen molar-refractivity contribution in [1.29, 1.82) is 0 Å². The highest BCUT2D eigenvalue weighted by molar-refractivity contribution is 5.74. The van der Waals surface area contributed by atoms with Crippen molar-refractivity contribution in [1.82, 2.24) is 25.0 Å². The Bertz CT molecular complexity index is 502. The van der Waals surface area contributed by atoms with Gasteiger partial charge in [0.05, 0.1) is 0 Å². The summed E-state index contributed by atoms with van der Waals surface area (Å²) in [5, 5.41) is 19.3. The van der Waals surface area contributed by atoms with Crippen LogP contribution in [0.1, 0.15) is 25.1 Å². The largest absolute Gasteiger partial charge is 0.481 e. The number of rotatable bonds is 6. The number of urea groups is 1. The number of nitrogens with one attached hydrogen (secondary N) is 1. The number of likely N-dealkylation sites (tertiary alicyclic amines) is 1. The first-order chi connectivity index (χ1) is 10.1. The van der Waals surface area contributed by atoms with Crippen LogP contribution in [0.25, 0.3) is 0 Å². The predicted molar refractivity (Wildman–Crippen MR) is 74.7 cm³/mol. The Balaban J connectivity index is 1.67. The number of aromatic nitrogens is 3. The molecule has 2 rings (SSSR count). The number of aliphatic carboxylic acids is 1. The second-order valence-electron chi connectivity index (χ2n) is 5.37. The summed E-state index contributed by atoms with van der Waals surface area (Å²) >= 11 is 0. The molecule has 1 aliphatic rings. The Morgan fingerprint density at radius 1 is 1.52 bits per heavy atom. The maximum absolute atomic E-state index is 12.0. The molecule has 0 saturated carbocycles. The molecule has 0 aliphatic carbocycles. The summed E-state index contributed by atoms with van der Waals surface area (Å²) in [6.07, 6.45) is 3.96. The number of carbonyl (C=O) groups excluding carboxylic acids is 1. The fourth-order valence-electron chi connectivity index (χ4n) is 2.51. The first-order valence-electron chi connectivity index (χ1n) is 7.13. The first kappa shape index (κ1) is 15.3. The van der Waals surface area contributed by atoms with Gasteiger partial charge in [-0.2, -0.15) is 0 Å². The lowest BCUT2D eigenvalue weighted by molar-refractivity contribution is -0.137. The van der Waals surface area contributed by atoms with Crippen molar-refractivity contribution in [2.75, 3.05) is 19.6 Å². The normalized spacial score (nSPS) is 18.0. The number of carboxylic acid groups (broad SMARTS) is 1. The van der Waals surface area contributed by atoms with Crippen LogP contribution in [-0.2, 0) is 18.3 Å². The molecule has 8 heteroatoms. The zero-order chi connectivity index (χ0) is 15.2. The Morgan fingerprint density at radius 2 is 2.33 bits per heavy atom. The van der Waals surface area contributed by atoms with E-state index in [1.165, 1.54) is 0 Å². The lowest BCUT2D eigenvalue weighted by atomic mass is 10.0. The molecular formula is C13H21N5O3. The zero-order valence-electron chi connectivity index (χ0n) is 12.2. The van der Waals surface area contributed by atoms with Crippen LogP contribution in [0, 0.1) is 5.92 Å². The molecule has 1 aliphatic heterocycles. The van der Waals surface area contributed by atoms with Crippen LogP contribution in [0.3, 0.4) is 0 Å². The van der Waals surface area contributed by atoms with Gasteiger partial charge in [-0.1, -0.05) is 0 Å². The molecule has 0 bridgehead atoms. The van der Waals surface area contributed by atoms with E-state index in [-0.39, 0.29) is 12.5 Å². The van der Waals surface area contributed by atoms with E-state index in [2.05, 4.69) is 15.5 Å². The van der Waals surface area contributed by atoms with E-state index in [4.69, 9.17) is 5.11 Å². The van der Waals surface area contributed by atoms with Gasteiger partial charge in [-0.25, -0.2) is 4.79 Å². The van der Waals surface area contributed by atoms with E-state index < -0.39 is 5.97 Å². The van der Waals surface area contributed by atoms with Gasteiger partial charge in [-0.05, 0) is 18.8 Å². The average molecular weight is 295 g/mol. The van der Waals surface area contributed by atoms with Crippen LogP contribution in [0.15, 0.2) is 6.33 Å². The van der Waals surface area contributed by atoms with Gasteiger partial charge < -0.3 is 19.9 Å². The van der Waals surface area contributed by atoms with Gasteiger partial charge >= 0.3 is 12.0 Å². The molecule has 1 atom stereocenters. The van der Waals surface area contributed by atoms with Gasteiger partial charge in [-0.3, -0.25) is 4.79 Å². The third-order valence-corrected chi connectivity index (χ3v) is 3.77. The molecule has 2 amide bonds. The molecule has 2 N–H and O–H groups in total. The van der Waals surface area contributed by atoms with Crippen molar-refractivity contribution in [3.63, 3.8) is 0 Å². The average Bonchev–Trinajstić information content (AvgIpc) is 3.06. The SMILES string of the molecule is Cn1cnnc1CCNC(=O)N1CCC(CCC(=O)O)C1. The lowest BCUT2D eigenvalue weighted by Crippen LogP contribution is -2.39. The Morgan fingerprint density at radius 3 is 3.00 bits per heavy atom. The molecule has 0 aromatic carbocycles. The van der Waals surface area contributed by atoms with Crippen molar-refractivity contribution in [2.45, 2.75) is 25.7 Å². The second-order valence-corrected chi connectivity index (χ2v) is 5.37. The van der Waals surface area contributed by atoms with E-state index >= 15 is 0 Å². The standard InChI is InChI=1S/C13H21N5O3/c1-17-9-15-16-11(17)4-6-14-13(21)18-7-5-10(8-18)2-3-12(19)20/h9-10H,2-8H2,1H3,(H,14,21)(H,19,20). The molecule has 8 nitrogen and oxygen atoms in total. The third kappa shape index (κ3) is 4.44. The molecular weight excluding hydrogens is 274 g/mol. The summed E-state index contributed by atoms with van der Waals surface area (Å²) in [6.45, 7) is 1.85. The minimum Gasteiger partial charge on any atom is -0.481 e. The molecule has 1 saturated heterocycles.